The Kier molecular flexibility index (Phi) is 7.58. The first kappa shape index (κ1) is 29.2. The van der Waals surface area contributed by atoms with Gasteiger partial charge in [0.2, 0.25) is 0 Å². The number of nitrogen functional groups attached to an aromatic ring is 2. The second-order valence-corrected chi connectivity index (χ2v) is 13.2. The summed E-state index contributed by atoms with van der Waals surface area (Å²) in [4.78, 5) is 10.8. The summed E-state index contributed by atoms with van der Waals surface area (Å²) in [7, 11) is 0. The van der Waals surface area contributed by atoms with Gasteiger partial charge in [-0.3, -0.25) is 10.1 Å². The van der Waals surface area contributed by atoms with Gasteiger partial charge in [0, 0.05) is 22.5 Å². The number of halogens is 3. The van der Waals surface area contributed by atoms with Crippen LogP contribution in [0.5, 0.6) is 0 Å². The highest BCUT2D eigenvalue weighted by Crippen LogP contribution is 2.43. The van der Waals surface area contributed by atoms with Crippen LogP contribution in [0.15, 0.2) is 0 Å². The van der Waals surface area contributed by atoms with Crippen molar-refractivity contribution in [1.29, 1.82) is 0 Å². The van der Waals surface area contributed by atoms with E-state index in [-0.39, 0.29) is 28.1 Å². The predicted molar refractivity (Wildman–Crippen MR) is 167 cm³/mol. The van der Waals surface area contributed by atoms with Gasteiger partial charge < -0.3 is 11.5 Å². The lowest BCUT2D eigenvalue weighted by atomic mass is 9.98. The lowest BCUT2D eigenvalue weighted by Gasteiger charge is -2.12. The van der Waals surface area contributed by atoms with Crippen LogP contribution in [0.4, 0.5) is 30.2 Å². The lowest BCUT2D eigenvalue weighted by molar-refractivity contribution is -0.386. The highest BCUT2D eigenvalue weighted by atomic mass is 19.1. The smallest absolute Gasteiger partial charge is 0.276 e. The van der Waals surface area contributed by atoms with Gasteiger partial charge in [0.15, 0.2) is 0 Å². The van der Waals surface area contributed by atoms with Gasteiger partial charge in [0.05, 0.1) is 4.92 Å². The first-order valence-electron chi connectivity index (χ1n) is 16.5. The molecule has 0 unspecified atom stereocenters. The highest BCUT2D eigenvalue weighted by Gasteiger charge is 2.34. The number of anilines is 2. The van der Waals surface area contributed by atoms with E-state index in [9.17, 15) is 23.3 Å². The maximum atomic E-state index is 14.1. The van der Waals surface area contributed by atoms with E-state index in [1.165, 1.54) is 0 Å². The van der Waals surface area contributed by atoms with Crippen molar-refractivity contribution in [1.82, 2.24) is 0 Å². The van der Waals surface area contributed by atoms with Gasteiger partial charge in [0.25, 0.3) is 5.69 Å². The maximum absolute atomic E-state index is 14.1. The summed E-state index contributed by atoms with van der Waals surface area (Å²) >= 11 is 0. The zero-order valence-corrected chi connectivity index (χ0v) is 25.3. The summed E-state index contributed by atoms with van der Waals surface area (Å²) in [6.45, 7) is 0. The van der Waals surface area contributed by atoms with Crippen LogP contribution in [-0.4, -0.2) is 4.92 Å². The maximum Gasteiger partial charge on any atom is 0.276 e. The van der Waals surface area contributed by atoms with Crippen molar-refractivity contribution >= 4 is 17.1 Å². The van der Waals surface area contributed by atoms with E-state index < -0.39 is 0 Å². The SMILES string of the molecule is Nc1c2c(c(F)c3c1CCC3)CCC2.Nc1c2c(c(F)c3c1CCC3)CCC2.O=[N+]([O-])c1c2c(c(F)c3c1CCC3)CCC2. The predicted octanol–water partition coefficient (Wildman–Crippen LogP) is 7.48. The summed E-state index contributed by atoms with van der Waals surface area (Å²) < 4.78 is 42.1. The van der Waals surface area contributed by atoms with Gasteiger partial charge in [0.1, 0.15) is 17.5 Å². The van der Waals surface area contributed by atoms with E-state index in [4.69, 9.17) is 11.5 Å². The summed E-state index contributed by atoms with van der Waals surface area (Å²) in [6.07, 6.45) is 16.1. The zero-order chi connectivity index (χ0) is 30.7. The molecule has 4 N–H and O–H groups in total. The van der Waals surface area contributed by atoms with Crippen LogP contribution in [0.1, 0.15) is 105 Å². The molecule has 6 aliphatic rings. The van der Waals surface area contributed by atoms with E-state index in [0.717, 1.165) is 146 Å². The standard InChI is InChI=1S/C12H12FNO2.2C12H14FN/c13-11-7-3-1-5-9(7)12(14(15)16)10-6-2-4-8(10)11;2*13-11-7-3-1-5-9(7)12(14)10-6-2-4-8(10)11/h1-6H2;2*1-6,14H2. The quantitative estimate of drug-likeness (QED) is 0.171. The monoisotopic (exact) mass is 603 g/mol. The van der Waals surface area contributed by atoms with Crippen LogP contribution in [0.25, 0.3) is 0 Å². The van der Waals surface area contributed by atoms with Crippen LogP contribution in [0.3, 0.4) is 0 Å². The average molecular weight is 604 g/mol. The highest BCUT2D eigenvalue weighted by molar-refractivity contribution is 5.65. The van der Waals surface area contributed by atoms with Crippen molar-refractivity contribution in [2.24, 2.45) is 0 Å². The third kappa shape index (κ3) is 4.59. The molecule has 0 aliphatic heterocycles. The van der Waals surface area contributed by atoms with E-state index >= 15 is 0 Å². The van der Waals surface area contributed by atoms with Gasteiger partial charge >= 0.3 is 0 Å². The number of hydrogen-bond acceptors (Lipinski definition) is 4. The second kappa shape index (κ2) is 11.4. The van der Waals surface area contributed by atoms with Gasteiger partial charge in [-0.25, -0.2) is 13.2 Å². The van der Waals surface area contributed by atoms with Crippen molar-refractivity contribution in [2.75, 3.05) is 11.5 Å². The molecule has 44 heavy (non-hydrogen) atoms. The molecule has 3 aromatic carbocycles. The van der Waals surface area contributed by atoms with Crippen LogP contribution in [-0.2, 0) is 77.0 Å². The second-order valence-electron chi connectivity index (χ2n) is 13.2. The molecular formula is C36H40F3N3O2. The molecule has 0 saturated heterocycles. The number of nitro groups is 1. The first-order valence-corrected chi connectivity index (χ1v) is 16.5. The van der Waals surface area contributed by atoms with Crippen LogP contribution in [0, 0.1) is 27.6 Å². The Morgan fingerprint density at radius 2 is 0.614 bits per heavy atom. The Bertz CT molecular complexity index is 1460. The van der Waals surface area contributed by atoms with Crippen molar-refractivity contribution in [3.8, 4) is 0 Å². The number of nitro benzene ring substituents is 1. The summed E-state index contributed by atoms with van der Waals surface area (Å²) in [5.41, 5.74) is 24.9. The number of nitrogens with zero attached hydrogens (tertiary/aromatic N) is 1. The van der Waals surface area contributed by atoms with Crippen LogP contribution < -0.4 is 11.5 Å². The number of hydrogen-bond donors (Lipinski definition) is 2. The molecule has 0 bridgehead atoms. The molecule has 0 radical (unpaired) electrons. The molecule has 5 nitrogen and oxygen atoms in total. The minimum atomic E-state index is -0.312. The Morgan fingerprint density at radius 1 is 0.409 bits per heavy atom. The van der Waals surface area contributed by atoms with Crippen molar-refractivity contribution in [3.05, 3.63) is 94.3 Å². The average Bonchev–Trinajstić information content (AvgIpc) is 3.85. The largest absolute Gasteiger partial charge is 0.398 e. The number of benzene rings is 3. The van der Waals surface area contributed by atoms with E-state index in [1.807, 2.05) is 0 Å². The van der Waals surface area contributed by atoms with E-state index in [0.29, 0.717) is 47.9 Å². The van der Waals surface area contributed by atoms with Gasteiger partial charge in [-0.2, -0.15) is 0 Å². The fourth-order valence-corrected chi connectivity index (χ4v) is 8.94. The fourth-order valence-electron chi connectivity index (χ4n) is 8.94. The van der Waals surface area contributed by atoms with Crippen molar-refractivity contribution in [2.45, 2.75) is 116 Å². The molecule has 0 spiro atoms. The third-order valence-electron chi connectivity index (χ3n) is 11.0. The molecule has 0 amide bonds. The summed E-state index contributed by atoms with van der Waals surface area (Å²) in [5, 5.41) is 11.1. The molecular weight excluding hydrogens is 563 g/mol. The normalized spacial score (nSPS) is 18.0. The third-order valence-corrected chi connectivity index (χ3v) is 11.0. The molecule has 0 fully saturated rings. The Hall–Kier alpha value is -3.55. The van der Waals surface area contributed by atoms with Crippen molar-refractivity contribution < 1.29 is 18.1 Å². The Morgan fingerprint density at radius 3 is 0.864 bits per heavy atom. The molecule has 0 saturated carbocycles. The molecule has 0 atom stereocenters. The molecule has 0 heterocycles. The molecule has 3 aromatic rings. The summed E-state index contributed by atoms with van der Waals surface area (Å²) in [5.74, 6) is -0.0102. The first-order chi connectivity index (χ1) is 21.3. The molecule has 8 heteroatoms. The van der Waals surface area contributed by atoms with Gasteiger partial charge in [-0.15, -0.1) is 0 Å². The topological polar surface area (TPSA) is 95.2 Å². The molecule has 9 rings (SSSR count). The molecule has 6 aliphatic carbocycles. The van der Waals surface area contributed by atoms with Crippen LogP contribution >= 0.6 is 0 Å². The van der Waals surface area contributed by atoms with E-state index in [2.05, 4.69) is 0 Å². The molecule has 232 valence electrons. The Balaban J connectivity index is 0.000000107. The fraction of sp³-hybridized carbons (Fsp3) is 0.500. The minimum absolute atomic E-state index is 0.0687. The minimum Gasteiger partial charge on any atom is -0.398 e. The zero-order valence-electron chi connectivity index (χ0n) is 25.3. The van der Waals surface area contributed by atoms with Crippen LogP contribution in [0.2, 0.25) is 0 Å². The van der Waals surface area contributed by atoms with Crippen molar-refractivity contribution in [3.63, 3.8) is 0 Å². The summed E-state index contributed by atoms with van der Waals surface area (Å²) in [6, 6.07) is 0. The van der Waals surface area contributed by atoms with Gasteiger partial charge in [-0.1, -0.05) is 0 Å². The Labute approximate surface area is 256 Å². The lowest BCUT2D eigenvalue weighted by Crippen LogP contribution is -2.04. The number of rotatable bonds is 1. The number of fused-ring (bicyclic) bond motifs is 6. The number of nitrogens with two attached hydrogens (primary N) is 2. The van der Waals surface area contributed by atoms with Gasteiger partial charge in [-0.05, 0) is 171 Å². The van der Waals surface area contributed by atoms with E-state index in [1.54, 1.807) is 0 Å². The molecule has 0 aromatic heterocycles.